The van der Waals surface area contributed by atoms with Crippen molar-refractivity contribution in [3.63, 3.8) is 0 Å². The molecule has 0 aliphatic heterocycles. The Balaban J connectivity index is 0.00000218. The molecule has 1 heterocycles. The maximum Gasteiger partial charge on any atom is 0.204 e. The number of tetrazole rings is 1. The molecule has 1 saturated carbocycles. The predicted octanol–water partition coefficient (Wildman–Crippen LogP) is 5.43. The average Bonchev–Trinajstić information content (AvgIpc) is 3.46. The monoisotopic (exact) mass is 419 g/mol. The summed E-state index contributed by atoms with van der Waals surface area (Å²) in [5.41, 5.74) is 3.77. The highest BCUT2D eigenvalue weighted by Crippen LogP contribution is 2.37. The van der Waals surface area contributed by atoms with Gasteiger partial charge in [-0.15, -0.1) is 22.6 Å². The van der Waals surface area contributed by atoms with Gasteiger partial charge >= 0.3 is 0 Å². The van der Waals surface area contributed by atoms with Gasteiger partial charge in [-0.3, -0.25) is 0 Å². The average molecular weight is 420 g/mol. The SMILES string of the molecule is C[C@@H](NC1CCC(c2cccc(-c3nn[nH]n3)c2)C1)c1cccc2ccccc12.Cl. The molecule has 154 valence electrons. The number of hydrogen-bond acceptors (Lipinski definition) is 4. The van der Waals surface area contributed by atoms with E-state index in [0.29, 0.717) is 23.8 Å². The Morgan fingerprint density at radius 2 is 1.83 bits per heavy atom. The first kappa shape index (κ1) is 20.5. The van der Waals surface area contributed by atoms with Crippen molar-refractivity contribution in [1.29, 1.82) is 0 Å². The number of nitrogens with one attached hydrogen (secondary N) is 2. The van der Waals surface area contributed by atoms with Gasteiger partial charge in [0.25, 0.3) is 0 Å². The highest BCUT2D eigenvalue weighted by atomic mass is 35.5. The summed E-state index contributed by atoms with van der Waals surface area (Å²) < 4.78 is 0. The van der Waals surface area contributed by atoms with Gasteiger partial charge in [-0.25, -0.2) is 0 Å². The van der Waals surface area contributed by atoms with Crippen molar-refractivity contribution in [3.05, 3.63) is 77.9 Å². The molecule has 2 N–H and O–H groups in total. The molecule has 2 unspecified atom stereocenters. The normalized spacial score (nSPS) is 19.5. The molecule has 1 aromatic heterocycles. The molecular formula is C24H26ClN5. The van der Waals surface area contributed by atoms with Crippen molar-refractivity contribution in [2.75, 3.05) is 0 Å². The van der Waals surface area contributed by atoms with Crippen LogP contribution in [-0.2, 0) is 0 Å². The van der Waals surface area contributed by atoms with E-state index in [-0.39, 0.29) is 12.4 Å². The van der Waals surface area contributed by atoms with Crippen LogP contribution in [0.2, 0.25) is 0 Å². The van der Waals surface area contributed by atoms with Crippen LogP contribution < -0.4 is 5.32 Å². The minimum Gasteiger partial charge on any atom is -0.307 e. The molecule has 0 spiro atoms. The summed E-state index contributed by atoms with van der Waals surface area (Å²) in [6, 6.07) is 24.7. The minimum atomic E-state index is 0. The van der Waals surface area contributed by atoms with Crippen LogP contribution in [-0.4, -0.2) is 26.7 Å². The molecule has 5 nitrogen and oxygen atoms in total. The molecule has 0 radical (unpaired) electrons. The fourth-order valence-corrected chi connectivity index (χ4v) is 4.72. The number of aromatic amines is 1. The van der Waals surface area contributed by atoms with E-state index in [1.54, 1.807) is 0 Å². The fourth-order valence-electron chi connectivity index (χ4n) is 4.72. The van der Waals surface area contributed by atoms with Crippen LogP contribution in [0.15, 0.2) is 66.7 Å². The first-order chi connectivity index (χ1) is 14.3. The summed E-state index contributed by atoms with van der Waals surface area (Å²) in [5, 5.41) is 21.0. The first-order valence-electron chi connectivity index (χ1n) is 10.4. The number of nitrogens with zero attached hydrogens (tertiary/aromatic N) is 3. The van der Waals surface area contributed by atoms with Crippen LogP contribution in [0.4, 0.5) is 0 Å². The van der Waals surface area contributed by atoms with Crippen LogP contribution in [0.3, 0.4) is 0 Å². The number of fused-ring (bicyclic) bond motifs is 1. The molecule has 1 aliphatic carbocycles. The lowest BCUT2D eigenvalue weighted by molar-refractivity contribution is 0.459. The maximum atomic E-state index is 4.11. The third-order valence-corrected chi connectivity index (χ3v) is 6.17. The third-order valence-electron chi connectivity index (χ3n) is 6.17. The zero-order valence-electron chi connectivity index (χ0n) is 17.0. The van der Waals surface area contributed by atoms with E-state index in [1.165, 1.54) is 34.7 Å². The van der Waals surface area contributed by atoms with Gasteiger partial charge in [0.2, 0.25) is 5.82 Å². The van der Waals surface area contributed by atoms with E-state index in [2.05, 4.69) is 93.5 Å². The Hall–Kier alpha value is -2.76. The highest BCUT2D eigenvalue weighted by Gasteiger charge is 2.27. The van der Waals surface area contributed by atoms with Crippen molar-refractivity contribution < 1.29 is 0 Å². The number of H-pyrrole nitrogens is 1. The Bertz CT molecular complexity index is 1110. The van der Waals surface area contributed by atoms with E-state index < -0.39 is 0 Å². The Kier molecular flexibility index (Phi) is 6.11. The number of aromatic nitrogens is 4. The summed E-state index contributed by atoms with van der Waals surface area (Å²) in [4.78, 5) is 0. The number of hydrogen-bond donors (Lipinski definition) is 2. The molecule has 6 heteroatoms. The van der Waals surface area contributed by atoms with Crippen LogP contribution in [0.25, 0.3) is 22.2 Å². The molecular weight excluding hydrogens is 394 g/mol. The van der Waals surface area contributed by atoms with E-state index >= 15 is 0 Å². The van der Waals surface area contributed by atoms with Gasteiger partial charge in [0, 0.05) is 17.6 Å². The Labute approximate surface area is 182 Å². The molecule has 3 aromatic carbocycles. The van der Waals surface area contributed by atoms with E-state index in [0.717, 1.165) is 12.0 Å². The molecule has 30 heavy (non-hydrogen) atoms. The number of rotatable bonds is 5. The van der Waals surface area contributed by atoms with Crippen LogP contribution in [0.1, 0.15) is 49.3 Å². The van der Waals surface area contributed by atoms with Crippen molar-refractivity contribution in [3.8, 4) is 11.4 Å². The van der Waals surface area contributed by atoms with E-state index in [9.17, 15) is 0 Å². The maximum absolute atomic E-state index is 4.11. The van der Waals surface area contributed by atoms with Crippen LogP contribution in [0.5, 0.6) is 0 Å². The summed E-state index contributed by atoms with van der Waals surface area (Å²) in [7, 11) is 0. The zero-order chi connectivity index (χ0) is 19.6. The molecule has 5 rings (SSSR count). The number of halogens is 1. The van der Waals surface area contributed by atoms with Gasteiger partial charge in [0.15, 0.2) is 0 Å². The smallest absolute Gasteiger partial charge is 0.204 e. The lowest BCUT2D eigenvalue weighted by Crippen LogP contribution is -2.29. The molecule has 3 atom stereocenters. The molecule has 1 aliphatic rings. The minimum absolute atomic E-state index is 0. The van der Waals surface area contributed by atoms with Gasteiger partial charge in [0.1, 0.15) is 0 Å². The summed E-state index contributed by atoms with van der Waals surface area (Å²) >= 11 is 0. The predicted molar refractivity (Wildman–Crippen MR) is 123 cm³/mol. The molecule has 1 fully saturated rings. The topological polar surface area (TPSA) is 66.5 Å². The zero-order valence-corrected chi connectivity index (χ0v) is 17.8. The third kappa shape index (κ3) is 4.09. The van der Waals surface area contributed by atoms with Crippen molar-refractivity contribution >= 4 is 23.2 Å². The Morgan fingerprint density at radius 3 is 2.70 bits per heavy atom. The van der Waals surface area contributed by atoms with E-state index in [1.807, 2.05) is 6.07 Å². The molecule has 0 saturated heterocycles. The Morgan fingerprint density at radius 1 is 1.00 bits per heavy atom. The summed E-state index contributed by atoms with van der Waals surface area (Å²) in [5.74, 6) is 1.23. The van der Waals surface area contributed by atoms with Gasteiger partial charge in [0.05, 0.1) is 0 Å². The van der Waals surface area contributed by atoms with Gasteiger partial charge in [-0.2, -0.15) is 5.21 Å². The van der Waals surface area contributed by atoms with Crippen molar-refractivity contribution in [2.24, 2.45) is 0 Å². The summed E-state index contributed by atoms with van der Waals surface area (Å²) in [6.45, 7) is 2.28. The molecule has 0 bridgehead atoms. The first-order valence-corrected chi connectivity index (χ1v) is 10.4. The van der Waals surface area contributed by atoms with Crippen LogP contribution >= 0.6 is 12.4 Å². The van der Waals surface area contributed by atoms with E-state index in [4.69, 9.17) is 0 Å². The lowest BCUT2D eigenvalue weighted by atomic mass is 9.95. The van der Waals surface area contributed by atoms with Gasteiger partial charge in [-0.05, 0) is 65.3 Å². The standard InChI is InChI=1S/C24H25N5.ClH/c1-16(22-11-5-7-17-6-2-3-10-23(17)22)25-21-13-12-19(15-21)18-8-4-9-20(14-18)24-26-28-29-27-24;/h2-11,14,16,19,21,25H,12-13,15H2,1H3,(H,26,27,28,29);1H/t16-,19?,21?;/m1./s1. The van der Waals surface area contributed by atoms with Crippen molar-refractivity contribution in [2.45, 2.75) is 44.2 Å². The second-order valence-corrected chi connectivity index (χ2v) is 8.02. The highest BCUT2D eigenvalue weighted by molar-refractivity contribution is 5.86. The largest absolute Gasteiger partial charge is 0.307 e. The quantitative estimate of drug-likeness (QED) is 0.452. The second-order valence-electron chi connectivity index (χ2n) is 8.02. The lowest BCUT2D eigenvalue weighted by Gasteiger charge is -2.21. The second kappa shape index (κ2) is 8.94. The molecule has 4 aromatic rings. The molecule has 0 amide bonds. The van der Waals surface area contributed by atoms with Gasteiger partial charge in [-0.1, -0.05) is 60.7 Å². The van der Waals surface area contributed by atoms with Gasteiger partial charge < -0.3 is 5.32 Å². The van der Waals surface area contributed by atoms with Crippen molar-refractivity contribution in [1.82, 2.24) is 25.9 Å². The number of benzene rings is 3. The fraction of sp³-hybridized carbons (Fsp3) is 0.292. The van der Waals surface area contributed by atoms with Crippen LogP contribution in [0, 0.1) is 0 Å². The summed E-state index contributed by atoms with van der Waals surface area (Å²) in [6.07, 6.45) is 3.56.